The maximum absolute atomic E-state index is 12.4. The van der Waals surface area contributed by atoms with Crippen molar-refractivity contribution < 1.29 is 19.1 Å². The van der Waals surface area contributed by atoms with Gasteiger partial charge in [0.2, 0.25) is 0 Å². The summed E-state index contributed by atoms with van der Waals surface area (Å²) in [6.07, 6.45) is 2.30. The number of hydrazone groups is 1. The molecule has 2 amide bonds. The first-order valence-electron chi connectivity index (χ1n) is 9.98. The van der Waals surface area contributed by atoms with Crippen LogP contribution in [0.4, 0.5) is 0 Å². The monoisotopic (exact) mass is 437 g/mol. The number of fused-ring (bicyclic) bond motifs is 1. The summed E-state index contributed by atoms with van der Waals surface area (Å²) in [4.78, 5) is 24.6. The van der Waals surface area contributed by atoms with Crippen molar-refractivity contribution in [3.8, 4) is 11.5 Å². The van der Waals surface area contributed by atoms with Crippen molar-refractivity contribution in [3.63, 3.8) is 0 Å². The maximum Gasteiger partial charge on any atom is 0.259 e. The van der Waals surface area contributed by atoms with Gasteiger partial charge in [0.15, 0.2) is 11.5 Å². The highest BCUT2D eigenvalue weighted by atomic mass is 32.1. The van der Waals surface area contributed by atoms with Crippen LogP contribution in [0.15, 0.2) is 52.9 Å². The van der Waals surface area contributed by atoms with E-state index >= 15 is 0 Å². The molecule has 0 aliphatic heterocycles. The van der Waals surface area contributed by atoms with Crippen molar-refractivity contribution in [1.29, 1.82) is 0 Å². The molecule has 1 heterocycles. The van der Waals surface area contributed by atoms with Crippen molar-refractivity contribution in [1.82, 2.24) is 10.7 Å². The maximum atomic E-state index is 12.4. The number of methoxy groups -OCH3 is 1. The molecule has 1 aromatic heterocycles. The first kappa shape index (κ1) is 20.9. The molecule has 0 unspecified atom stereocenters. The van der Waals surface area contributed by atoms with Gasteiger partial charge in [0.25, 0.3) is 11.8 Å². The van der Waals surface area contributed by atoms with E-state index in [0.717, 1.165) is 28.5 Å². The fourth-order valence-corrected chi connectivity index (χ4v) is 4.04. The molecule has 1 fully saturated rings. The molecule has 7 nitrogen and oxygen atoms in total. The smallest absolute Gasteiger partial charge is 0.259 e. The molecule has 2 aromatic carbocycles. The Morgan fingerprint density at radius 3 is 2.74 bits per heavy atom. The lowest BCUT2D eigenvalue weighted by Gasteiger charge is -2.11. The summed E-state index contributed by atoms with van der Waals surface area (Å²) >= 11 is 1.63. The summed E-state index contributed by atoms with van der Waals surface area (Å²) in [5, 5.41) is 9.88. The molecular formula is C23H23N3O4S. The molecule has 2 N–H and O–H groups in total. The number of hydrogen-bond acceptors (Lipinski definition) is 6. The van der Waals surface area contributed by atoms with E-state index in [0.29, 0.717) is 22.8 Å². The van der Waals surface area contributed by atoms with Crippen LogP contribution in [-0.4, -0.2) is 37.3 Å². The van der Waals surface area contributed by atoms with Crippen LogP contribution in [-0.2, 0) is 4.79 Å². The first-order chi connectivity index (χ1) is 15.0. The zero-order chi connectivity index (χ0) is 21.8. The van der Waals surface area contributed by atoms with Crippen LogP contribution in [0.2, 0.25) is 0 Å². The molecule has 1 aliphatic carbocycles. The minimum atomic E-state index is -0.409. The molecule has 3 aromatic rings. The molecule has 160 valence electrons. The lowest BCUT2D eigenvalue weighted by atomic mass is 10.1. The van der Waals surface area contributed by atoms with Gasteiger partial charge in [-0.05, 0) is 44.0 Å². The van der Waals surface area contributed by atoms with E-state index in [-0.39, 0.29) is 18.6 Å². The SMILES string of the molecule is COc1cc(C(=O)NCC(=O)NN=C(C)c2csc3ccccc23)ccc1OC1CC1. The Hall–Kier alpha value is -3.39. The van der Waals surface area contributed by atoms with Gasteiger partial charge < -0.3 is 14.8 Å². The largest absolute Gasteiger partial charge is 0.493 e. The Bertz CT molecular complexity index is 1150. The van der Waals surface area contributed by atoms with E-state index < -0.39 is 5.91 Å². The lowest BCUT2D eigenvalue weighted by molar-refractivity contribution is -0.120. The Kier molecular flexibility index (Phi) is 6.18. The van der Waals surface area contributed by atoms with Gasteiger partial charge in [-0.25, -0.2) is 5.43 Å². The van der Waals surface area contributed by atoms with Crippen LogP contribution in [0.1, 0.15) is 35.7 Å². The zero-order valence-corrected chi connectivity index (χ0v) is 18.1. The van der Waals surface area contributed by atoms with Crippen LogP contribution in [0.3, 0.4) is 0 Å². The van der Waals surface area contributed by atoms with Gasteiger partial charge in [-0.15, -0.1) is 11.3 Å². The number of nitrogens with one attached hydrogen (secondary N) is 2. The third-order valence-electron chi connectivity index (χ3n) is 4.87. The fraction of sp³-hybridized carbons (Fsp3) is 0.261. The molecule has 1 saturated carbocycles. The van der Waals surface area contributed by atoms with Gasteiger partial charge in [-0.1, -0.05) is 18.2 Å². The van der Waals surface area contributed by atoms with E-state index in [4.69, 9.17) is 9.47 Å². The average Bonchev–Trinajstić information content (AvgIpc) is 3.51. The predicted molar refractivity (Wildman–Crippen MR) is 121 cm³/mol. The Balaban J connectivity index is 1.33. The standard InChI is InChI=1S/C23H23N3O4S/c1-14(18-13-31-21-6-4-3-5-17(18)21)25-26-22(27)12-24-23(28)15-7-10-19(20(11-15)29-2)30-16-8-9-16/h3-7,10-11,13,16H,8-9,12H2,1-2H3,(H,24,28)(H,26,27). The van der Waals surface area contributed by atoms with E-state index in [2.05, 4.69) is 15.8 Å². The summed E-state index contributed by atoms with van der Waals surface area (Å²) < 4.78 is 12.2. The second-order valence-electron chi connectivity index (χ2n) is 7.24. The van der Waals surface area contributed by atoms with Gasteiger partial charge in [-0.2, -0.15) is 5.10 Å². The van der Waals surface area contributed by atoms with Crippen LogP contribution in [0, 0.1) is 0 Å². The van der Waals surface area contributed by atoms with E-state index in [1.165, 1.54) is 7.11 Å². The number of benzene rings is 2. The van der Waals surface area contributed by atoms with E-state index in [1.807, 2.05) is 36.6 Å². The number of rotatable bonds is 8. The quantitative estimate of drug-likeness (QED) is 0.415. The number of hydrogen-bond donors (Lipinski definition) is 2. The predicted octanol–water partition coefficient (Wildman–Crippen LogP) is 3.72. The molecule has 1 aliphatic rings. The number of amides is 2. The third-order valence-corrected chi connectivity index (χ3v) is 5.84. The van der Waals surface area contributed by atoms with Crippen LogP contribution in [0.5, 0.6) is 11.5 Å². The minimum Gasteiger partial charge on any atom is -0.493 e. The average molecular weight is 438 g/mol. The van der Waals surface area contributed by atoms with Crippen LogP contribution >= 0.6 is 11.3 Å². The molecule has 0 radical (unpaired) electrons. The first-order valence-corrected chi connectivity index (χ1v) is 10.9. The lowest BCUT2D eigenvalue weighted by Crippen LogP contribution is -2.35. The fourth-order valence-electron chi connectivity index (χ4n) is 3.04. The molecular weight excluding hydrogens is 414 g/mol. The number of carbonyl (C=O) groups excluding carboxylic acids is 2. The second-order valence-corrected chi connectivity index (χ2v) is 8.15. The van der Waals surface area contributed by atoms with Gasteiger partial charge >= 0.3 is 0 Å². The van der Waals surface area contributed by atoms with Gasteiger partial charge in [-0.3, -0.25) is 9.59 Å². The second kappa shape index (κ2) is 9.18. The van der Waals surface area contributed by atoms with Crippen molar-refractivity contribution in [3.05, 3.63) is 59.0 Å². The van der Waals surface area contributed by atoms with Gasteiger partial charge in [0, 0.05) is 26.6 Å². The topological polar surface area (TPSA) is 89.0 Å². The molecule has 0 spiro atoms. The van der Waals surface area contributed by atoms with E-state index in [9.17, 15) is 9.59 Å². The van der Waals surface area contributed by atoms with Crippen LogP contribution < -0.4 is 20.2 Å². The van der Waals surface area contributed by atoms with Gasteiger partial charge in [0.05, 0.1) is 25.5 Å². The molecule has 8 heteroatoms. The Morgan fingerprint density at radius 1 is 1.16 bits per heavy atom. The Labute approximate surface area is 184 Å². The molecule has 0 atom stereocenters. The van der Waals surface area contributed by atoms with E-state index in [1.54, 1.807) is 29.5 Å². The Morgan fingerprint density at radius 2 is 1.97 bits per heavy atom. The summed E-state index contributed by atoms with van der Waals surface area (Å²) in [6, 6.07) is 13.0. The van der Waals surface area contributed by atoms with Crippen molar-refractivity contribution in [2.75, 3.05) is 13.7 Å². The summed E-state index contributed by atoms with van der Waals surface area (Å²) in [6.45, 7) is 1.65. The summed E-state index contributed by atoms with van der Waals surface area (Å²) in [7, 11) is 1.53. The highest BCUT2D eigenvalue weighted by Crippen LogP contribution is 2.34. The highest BCUT2D eigenvalue weighted by Gasteiger charge is 2.25. The highest BCUT2D eigenvalue weighted by molar-refractivity contribution is 7.17. The summed E-state index contributed by atoms with van der Waals surface area (Å²) in [5.74, 6) is 0.320. The van der Waals surface area contributed by atoms with Crippen molar-refractivity contribution in [2.24, 2.45) is 5.10 Å². The zero-order valence-electron chi connectivity index (χ0n) is 17.3. The van der Waals surface area contributed by atoms with Crippen LogP contribution in [0.25, 0.3) is 10.1 Å². The number of ether oxygens (including phenoxy) is 2. The molecule has 4 rings (SSSR count). The summed E-state index contributed by atoms with van der Waals surface area (Å²) in [5.41, 5.74) is 4.56. The third kappa shape index (κ3) is 5.03. The van der Waals surface area contributed by atoms with Crippen molar-refractivity contribution in [2.45, 2.75) is 25.9 Å². The number of carbonyl (C=O) groups is 2. The minimum absolute atomic E-state index is 0.192. The van der Waals surface area contributed by atoms with Crippen molar-refractivity contribution >= 4 is 38.9 Å². The number of thiophene rings is 1. The molecule has 0 bridgehead atoms. The molecule has 31 heavy (non-hydrogen) atoms. The molecule has 0 saturated heterocycles. The normalized spacial score (nSPS) is 13.7. The number of nitrogens with zero attached hydrogens (tertiary/aromatic N) is 1. The van der Waals surface area contributed by atoms with Gasteiger partial charge in [0.1, 0.15) is 0 Å².